The zero-order valence-corrected chi connectivity index (χ0v) is 14.3. The highest BCUT2D eigenvalue weighted by molar-refractivity contribution is 5.81. The Kier molecular flexibility index (Phi) is 5.41. The molecule has 3 rings (SSSR count). The molecule has 4 nitrogen and oxygen atoms in total. The van der Waals surface area contributed by atoms with Crippen LogP contribution in [-0.2, 0) is 0 Å². The molecule has 0 fully saturated rings. The minimum Gasteiger partial charge on any atom is -0.508 e. The highest BCUT2D eigenvalue weighted by Crippen LogP contribution is 2.24. The summed E-state index contributed by atoms with van der Waals surface area (Å²) in [4.78, 5) is 9.13. The molecule has 0 saturated heterocycles. The second-order valence-electron chi connectivity index (χ2n) is 6.23. The second-order valence-corrected chi connectivity index (χ2v) is 6.23. The van der Waals surface area contributed by atoms with E-state index in [0.29, 0.717) is 0 Å². The van der Waals surface area contributed by atoms with Gasteiger partial charge in [-0.05, 0) is 67.7 Å². The maximum Gasteiger partial charge on any atom is 0.115 e. The van der Waals surface area contributed by atoms with Crippen molar-refractivity contribution in [2.24, 2.45) is 0 Å². The van der Waals surface area contributed by atoms with Gasteiger partial charge in [0.15, 0.2) is 0 Å². The van der Waals surface area contributed by atoms with Gasteiger partial charge in [0.05, 0.1) is 29.0 Å². The molecule has 0 aliphatic rings. The number of benzene rings is 2. The van der Waals surface area contributed by atoms with E-state index in [1.807, 2.05) is 43.3 Å². The first kappa shape index (κ1) is 17.1. The molecular weight excluding hydrogens is 312 g/mol. The van der Waals surface area contributed by atoms with Crippen LogP contribution >= 0.6 is 0 Å². The fourth-order valence-corrected chi connectivity index (χ4v) is 2.67. The Balaban J connectivity index is 1.74. The lowest BCUT2D eigenvalue weighted by Crippen LogP contribution is -1.97. The van der Waals surface area contributed by atoms with E-state index in [0.717, 1.165) is 47.1 Å². The van der Waals surface area contributed by atoms with E-state index in [9.17, 15) is 10.2 Å². The van der Waals surface area contributed by atoms with Gasteiger partial charge in [-0.15, -0.1) is 0 Å². The van der Waals surface area contributed by atoms with E-state index in [2.05, 4.69) is 16.0 Å². The van der Waals surface area contributed by atoms with Crippen molar-refractivity contribution in [2.75, 3.05) is 0 Å². The maximum absolute atomic E-state index is 9.40. The molecule has 0 saturated carbocycles. The number of hydrogen-bond donors (Lipinski definition) is 2. The van der Waals surface area contributed by atoms with Crippen molar-refractivity contribution in [3.8, 4) is 16.9 Å². The van der Waals surface area contributed by atoms with Crippen LogP contribution in [-0.4, -0.2) is 26.3 Å². The number of aromatic hydroxyl groups is 1. The molecule has 1 unspecified atom stereocenters. The number of fused-ring (bicyclic) bond motifs is 1. The fourth-order valence-electron chi connectivity index (χ4n) is 2.67. The van der Waals surface area contributed by atoms with Crippen molar-refractivity contribution in [1.82, 2.24) is 9.97 Å². The number of rotatable bonds is 6. The van der Waals surface area contributed by atoms with E-state index < -0.39 is 0 Å². The molecule has 0 aliphatic carbocycles. The molecule has 0 bridgehead atoms. The molecule has 1 atom stereocenters. The molecule has 0 spiro atoms. The number of phenols is 1. The van der Waals surface area contributed by atoms with E-state index in [4.69, 9.17) is 0 Å². The Labute approximate surface area is 147 Å². The third kappa shape index (κ3) is 4.64. The highest BCUT2D eigenvalue weighted by Gasteiger charge is 2.03. The molecule has 2 aromatic carbocycles. The van der Waals surface area contributed by atoms with Crippen LogP contribution in [0.2, 0.25) is 0 Å². The SMILES string of the molecule is CC(O)CCC/C=C/c1cnc2cc(-c3ccc(O)cc3)ccc2n1. The summed E-state index contributed by atoms with van der Waals surface area (Å²) in [6.07, 6.45) is 8.28. The number of aliphatic hydroxyl groups excluding tert-OH is 1. The summed E-state index contributed by atoms with van der Waals surface area (Å²) in [7, 11) is 0. The van der Waals surface area contributed by atoms with Crippen LogP contribution in [0.4, 0.5) is 0 Å². The predicted molar refractivity (Wildman–Crippen MR) is 101 cm³/mol. The van der Waals surface area contributed by atoms with Crippen LogP contribution in [0.15, 0.2) is 54.7 Å². The van der Waals surface area contributed by atoms with Gasteiger partial charge in [0.2, 0.25) is 0 Å². The van der Waals surface area contributed by atoms with Gasteiger partial charge in [0.25, 0.3) is 0 Å². The van der Waals surface area contributed by atoms with Gasteiger partial charge < -0.3 is 10.2 Å². The standard InChI is InChI=1S/C21H22N2O2/c1-15(24)5-3-2-4-6-18-14-22-21-13-17(9-12-20(21)23-18)16-7-10-19(25)11-8-16/h4,6-15,24-25H,2-3,5H2,1H3/b6-4+. The van der Waals surface area contributed by atoms with Crippen molar-refractivity contribution in [1.29, 1.82) is 0 Å². The van der Waals surface area contributed by atoms with Crippen molar-refractivity contribution in [3.05, 3.63) is 60.4 Å². The summed E-state index contributed by atoms with van der Waals surface area (Å²) < 4.78 is 0. The number of allylic oxidation sites excluding steroid dienone is 1. The van der Waals surface area contributed by atoms with Gasteiger partial charge in [-0.1, -0.05) is 24.3 Å². The Morgan fingerprint density at radius 1 is 1.04 bits per heavy atom. The minimum absolute atomic E-state index is 0.239. The number of aliphatic hydroxyl groups is 1. The Bertz CT molecular complexity index is 871. The summed E-state index contributed by atoms with van der Waals surface area (Å²) in [5, 5.41) is 18.6. The molecule has 25 heavy (non-hydrogen) atoms. The molecule has 0 aliphatic heterocycles. The molecule has 128 valence electrons. The number of phenolic OH excluding ortho intramolecular Hbond substituents is 1. The monoisotopic (exact) mass is 334 g/mol. The zero-order valence-electron chi connectivity index (χ0n) is 14.3. The average Bonchev–Trinajstić information content (AvgIpc) is 2.61. The first-order valence-electron chi connectivity index (χ1n) is 8.52. The van der Waals surface area contributed by atoms with E-state index in [-0.39, 0.29) is 11.9 Å². The van der Waals surface area contributed by atoms with Crippen molar-refractivity contribution in [3.63, 3.8) is 0 Å². The number of aromatic nitrogens is 2. The maximum atomic E-state index is 9.40. The van der Waals surface area contributed by atoms with Gasteiger partial charge >= 0.3 is 0 Å². The van der Waals surface area contributed by atoms with Crippen molar-refractivity contribution >= 4 is 17.1 Å². The van der Waals surface area contributed by atoms with Gasteiger partial charge in [0.1, 0.15) is 5.75 Å². The summed E-state index contributed by atoms with van der Waals surface area (Å²) in [5.41, 5.74) is 4.61. The van der Waals surface area contributed by atoms with Gasteiger partial charge in [-0.2, -0.15) is 0 Å². The first-order chi connectivity index (χ1) is 12.1. The smallest absolute Gasteiger partial charge is 0.115 e. The minimum atomic E-state index is -0.239. The molecule has 0 radical (unpaired) electrons. The highest BCUT2D eigenvalue weighted by atomic mass is 16.3. The second kappa shape index (κ2) is 7.90. The largest absolute Gasteiger partial charge is 0.508 e. The van der Waals surface area contributed by atoms with Crippen molar-refractivity contribution in [2.45, 2.75) is 32.3 Å². The van der Waals surface area contributed by atoms with Gasteiger partial charge in [0, 0.05) is 0 Å². The van der Waals surface area contributed by atoms with Crippen molar-refractivity contribution < 1.29 is 10.2 Å². The van der Waals surface area contributed by atoms with Crippen LogP contribution in [0.25, 0.3) is 28.2 Å². The summed E-state index contributed by atoms with van der Waals surface area (Å²) in [6.45, 7) is 1.81. The van der Waals surface area contributed by atoms with Crippen LogP contribution in [0, 0.1) is 0 Å². The lowest BCUT2D eigenvalue weighted by Gasteiger charge is -2.04. The van der Waals surface area contributed by atoms with Crippen LogP contribution in [0.3, 0.4) is 0 Å². The van der Waals surface area contributed by atoms with Crippen LogP contribution in [0.1, 0.15) is 31.9 Å². The van der Waals surface area contributed by atoms with Crippen LogP contribution in [0.5, 0.6) is 5.75 Å². The summed E-state index contributed by atoms with van der Waals surface area (Å²) >= 11 is 0. The van der Waals surface area contributed by atoms with Gasteiger partial charge in [-0.25, -0.2) is 4.98 Å². The Hall–Kier alpha value is -2.72. The number of nitrogens with zero attached hydrogens (tertiary/aromatic N) is 2. The third-order valence-corrected chi connectivity index (χ3v) is 4.04. The zero-order chi connectivity index (χ0) is 17.6. The summed E-state index contributed by atoms with van der Waals surface area (Å²) in [6, 6.07) is 13.1. The molecule has 0 amide bonds. The molecule has 2 N–H and O–H groups in total. The topological polar surface area (TPSA) is 66.2 Å². The van der Waals surface area contributed by atoms with Crippen LogP contribution < -0.4 is 0 Å². The molecule has 1 heterocycles. The normalized spacial score (nSPS) is 12.7. The molecule has 1 aromatic heterocycles. The van der Waals surface area contributed by atoms with Gasteiger partial charge in [-0.3, -0.25) is 4.98 Å². The Morgan fingerprint density at radius 2 is 1.80 bits per heavy atom. The lowest BCUT2D eigenvalue weighted by molar-refractivity contribution is 0.182. The lowest BCUT2D eigenvalue weighted by atomic mass is 10.0. The van der Waals surface area contributed by atoms with E-state index >= 15 is 0 Å². The predicted octanol–water partition coefficient (Wildman–Crippen LogP) is 4.57. The third-order valence-electron chi connectivity index (χ3n) is 4.04. The summed E-state index contributed by atoms with van der Waals surface area (Å²) in [5.74, 6) is 0.259. The van der Waals surface area contributed by atoms with E-state index in [1.54, 1.807) is 18.3 Å². The fraction of sp³-hybridized carbons (Fsp3) is 0.238. The first-order valence-corrected chi connectivity index (χ1v) is 8.52. The quantitative estimate of drug-likeness (QED) is 0.648. The number of hydrogen-bond acceptors (Lipinski definition) is 4. The van der Waals surface area contributed by atoms with E-state index in [1.165, 1.54) is 0 Å². The average molecular weight is 334 g/mol. The number of unbranched alkanes of at least 4 members (excludes halogenated alkanes) is 1. The Morgan fingerprint density at radius 3 is 2.56 bits per heavy atom. The molecule has 3 aromatic rings. The molecular formula is C21H22N2O2. The molecule has 4 heteroatoms.